The molecule has 0 aliphatic rings. The molecule has 0 spiro atoms. The minimum atomic E-state index is -0.134. The minimum Gasteiger partial charge on any atom is -0.484 e. The fourth-order valence-electron chi connectivity index (χ4n) is 3.25. The number of nitrogens with one attached hydrogen (secondary N) is 1. The van der Waals surface area contributed by atoms with E-state index in [9.17, 15) is 4.79 Å². The van der Waals surface area contributed by atoms with Crippen molar-refractivity contribution in [3.05, 3.63) is 102 Å². The maximum atomic E-state index is 12.2. The highest BCUT2D eigenvalue weighted by Crippen LogP contribution is 2.32. The summed E-state index contributed by atoms with van der Waals surface area (Å²) < 4.78 is 5.67. The van der Waals surface area contributed by atoms with Gasteiger partial charge in [-0.3, -0.25) is 4.79 Å². The molecular formula is C25H27NO2. The molecule has 0 aliphatic heterocycles. The summed E-state index contributed by atoms with van der Waals surface area (Å²) in [5, 5.41) is 2.96. The van der Waals surface area contributed by atoms with Gasteiger partial charge in [0.15, 0.2) is 6.61 Å². The monoisotopic (exact) mass is 373 g/mol. The predicted molar refractivity (Wildman–Crippen MR) is 114 cm³/mol. The van der Waals surface area contributed by atoms with Gasteiger partial charge in [-0.05, 0) is 35.7 Å². The number of carbonyl (C=O) groups is 1. The third kappa shape index (κ3) is 4.80. The van der Waals surface area contributed by atoms with Gasteiger partial charge in [0.25, 0.3) is 5.91 Å². The van der Waals surface area contributed by atoms with Crippen LogP contribution in [0.4, 0.5) is 0 Å². The Hall–Kier alpha value is -3.07. The molecule has 0 radical (unpaired) electrons. The van der Waals surface area contributed by atoms with Crippen LogP contribution in [0.25, 0.3) is 0 Å². The smallest absolute Gasteiger partial charge is 0.258 e. The van der Waals surface area contributed by atoms with E-state index in [0.29, 0.717) is 5.75 Å². The number of hydrogen-bond donors (Lipinski definition) is 1. The Morgan fingerprint density at radius 2 is 1.39 bits per heavy atom. The summed E-state index contributed by atoms with van der Waals surface area (Å²) in [4.78, 5) is 12.2. The Bertz CT molecular complexity index is 887. The first-order valence-corrected chi connectivity index (χ1v) is 9.60. The maximum Gasteiger partial charge on any atom is 0.258 e. The zero-order chi connectivity index (χ0) is 20.0. The van der Waals surface area contributed by atoms with E-state index in [2.05, 4.69) is 55.6 Å². The standard InChI is InChI=1S/C25H27NO2/c1-19(20-10-6-4-7-11-20)26-24(27)18-28-23-16-14-22(15-17-23)25(2,3)21-12-8-5-9-13-21/h4-17,19H,18H2,1-3H3,(H,26,27)/t19-/m1/s1. The van der Waals surface area contributed by atoms with Crippen molar-refractivity contribution >= 4 is 5.91 Å². The summed E-state index contributed by atoms with van der Waals surface area (Å²) >= 11 is 0. The van der Waals surface area contributed by atoms with E-state index in [1.165, 1.54) is 11.1 Å². The first-order chi connectivity index (χ1) is 13.5. The fraction of sp³-hybridized carbons (Fsp3) is 0.240. The molecule has 0 heterocycles. The molecule has 0 saturated heterocycles. The van der Waals surface area contributed by atoms with Crippen LogP contribution < -0.4 is 10.1 Å². The number of rotatable bonds is 7. The van der Waals surface area contributed by atoms with Gasteiger partial charge >= 0.3 is 0 Å². The quantitative estimate of drug-likeness (QED) is 0.613. The largest absolute Gasteiger partial charge is 0.484 e. The number of ether oxygens (including phenoxy) is 1. The number of carbonyl (C=O) groups excluding carboxylic acids is 1. The summed E-state index contributed by atoms with van der Waals surface area (Å²) in [5.41, 5.74) is 3.44. The molecule has 0 saturated carbocycles. The van der Waals surface area contributed by atoms with Gasteiger partial charge in [-0.1, -0.05) is 86.6 Å². The number of benzene rings is 3. The fourth-order valence-corrected chi connectivity index (χ4v) is 3.25. The molecule has 1 atom stereocenters. The third-order valence-corrected chi connectivity index (χ3v) is 5.12. The molecular weight excluding hydrogens is 346 g/mol. The Morgan fingerprint density at radius 1 is 0.857 bits per heavy atom. The zero-order valence-corrected chi connectivity index (χ0v) is 16.7. The molecule has 1 N–H and O–H groups in total. The highest BCUT2D eigenvalue weighted by atomic mass is 16.5. The van der Waals surface area contributed by atoms with Crippen molar-refractivity contribution in [1.29, 1.82) is 0 Å². The van der Waals surface area contributed by atoms with Crippen molar-refractivity contribution in [3.63, 3.8) is 0 Å². The van der Waals surface area contributed by atoms with Crippen LogP contribution in [0.15, 0.2) is 84.9 Å². The number of amides is 1. The van der Waals surface area contributed by atoms with Crippen LogP contribution in [0.3, 0.4) is 0 Å². The van der Waals surface area contributed by atoms with Crippen LogP contribution >= 0.6 is 0 Å². The van der Waals surface area contributed by atoms with E-state index < -0.39 is 0 Å². The lowest BCUT2D eigenvalue weighted by Gasteiger charge is -2.26. The molecule has 144 valence electrons. The predicted octanol–water partition coefficient (Wildman–Crippen LogP) is 5.27. The summed E-state index contributed by atoms with van der Waals surface area (Å²) in [6.45, 7) is 6.37. The van der Waals surface area contributed by atoms with Crippen molar-refractivity contribution in [2.75, 3.05) is 6.61 Å². The molecule has 1 amide bonds. The van der Waals surface area contributed by atoms with Crippen molar-refractivity contribution < 1.29 is 9.53 Å². The highest BCUT2D eigenvalue weighted by molar-refractivity contribution is 5.78. The van der Waals surface area contributed by atoms with E-state index in [-0.39, 0.29) is 24.0 Å². The normalized spacial score (nSPS) is 12.2. The van der Waals surface area contributed by atoms with E-state index in [0.717, 1.165) is 5.56 Å². The summed E-state index contributed by atoms with van der Waals surface area (Å²) in [6, 6.07) is 28.2. The van der Waals surface area contributed by atoms with Gasteiger partial charge in [0.05, 0.1) is 6.04 Å². The van der Waals surface area contributed by atoms with Crippen LogP contribution in [-0.2, 0) is 10.2 Å². The third-order valence-electron chi connectivity index (χ3n) is 5.12. The van der Waals surface area contributed by atoms with Gasteiger partial charge in [0.1, 0.15) is 5.75 Å². The van der Waals surface area contributed by atoms with E-state index in [1.807, 2.05) is 55.5 Å². The zero-order valence-electron chi connectivity index (χ0n) is 16.7. The van der Waals surface area contributed by atoms with Crippen LogP contribution in [0, 0.1) is 0 Å². The lowest BCUT2D eigenvalue weighted by molar-refractivity contribution is -0.123. The van der Waals surface area contributed by atoms with Crippen LogP contribution in [0.1, 0.15) is 43.5 Å². The average molecular weight is 373 g/mol. The number of hydrogen-bond acceptors (Lipinski definition) is 2. The SMILES string of the molecule is C[C@@H](NC(=O)COc1ccc(C(C)(C)c2ccccc2)cc1)c1ccccc1. The lowest BCUT2D eigenvalue weighted by atomic mass is 9.78. The molecule has 3 aromatic rings. The Kier molecular flexibility index (Phi) is 6.15. The lowest BCUT2D eigenvalue weighted by Crippen LogP contribution is -2.31. The summed E-state index contributed by atoms with van der Waals surface area (Å²) in [7, 11) is 0. The molecule has 0 fully saturated rings. The molecule has 3 aromatic carbocycles. The van der Waals surface area contributed by atoms with Gasteiger partial charge in [0, 0.05) is 5.41 Å². The Morgan fingerprint density at radius 3 is 2.00 bits per heavy atom. The molecule has 0 aliphatic carbocycles. The van der Waals surface area contributed by atoms with E-state index in [4.69, 9.17) is 4.74 Å². The van der Waals surface area contributed by atoms with Crippen molar-refractivity contribution in [2.24, 2.45) is 0 Å². The molecule has 3 heteroatoms. The van der Waals surface area contributed by atoms with Gasteiger partial charge in [-0.25, -0.2) is 0 Å². The Balaban J connectivity index is 1.56. The summed E-state index contributed by atoms with van der Waals surface area (Å²) in [5.74, 6) is 0.556. The van der Waals surface area contributed by atoms with E-state index in [1.54, 1.807) is 0 Å². The first-order valence-electron chi connectivity index (χ1n) is 9.60. The molecule has 3 nitrogen and oxygen atoms in total. The molecule has 0 bridgehead atoms. The van der Waals surface area contributed by atoms with Gasteiger partial charge in [0.2, 0.25) is 0 Å². The average Bonchev–Trinajstić information content (AvgIpc) is 2.74. The summed E-state index contributed by atoms with van der Waals surface area (Å²) in [6.07, 6.45) is 0. The Labute approximate surface area is 167 Å². The van der Waals surface area contributed by atoms with E-state index >= 15 is 0 Å². The molecule has 0 unspecified atom stereocenters. The van der Waals surface area contributed by atoms with Crippen molar-refractivity contribution in [1.82, 2.24) is 5.32 Å². The molecule has 28 heavy (non-hydrogen) atoms. The highest BCUT2D eigenvalue weighted by Gasteiger charge is 2.22. The van der Waals surface area contributed by atoms with Crippen LogP contribution in [-0.4, -0.2) is 12.5 Å². The van der Waals surface area contributed by atoms with Crippen molar-refractivity contribution in [2.45, 2.75) is 32.2 Å². The van der Waals surface area contributed by atoms with Gasteiger partial charge in [-0.15, -0.1) is 0 Å². The maximum absolute atomic E-state index is 12.2. The molecule has 0 aromatic heterocycles. The minimum absolute atomic E-state index is 0.00139. The molecule has 3 rings (SSSR count). The second-order valence-electron chi connectivity index (χ2n) is 7.50. The second-order valence-corrected chi connectivity index (χ2v) is 7.50. The van der Waals surface area contributed by atoms with Crippen molar-refractivity contribution in [3.8, 4) is 5.75 Å². The van der Waals surface area contributed by atoms with Crippen LogP contribution in [0.2, 0.25) is 0 Å². The van der Waals surface area contributed by atoms with Gasteiger partial charge in [-0.2, -0.15) is 0 Å². The first kappa shape index (κ1) is 19.7. The topological polar surface area (TPSA) is 38.3 Å². The second kappa shape index (κ2) is 8.75. The van der Waals surface area contributed by atoms with Gasteiger partial charge < -0.3 is 10.1 Å². The van der Waals surface area contributed by atoms with Crippen LogP contribution in [0.5, 0.6) is 5.75 Å².